The van der Waals surface area contributed by atoms with Gasteiger partial charge in [0.25, 0.3) is 0 Å². The molecule has 2 aromatic rings. The van der Waals surface area contributed by atoms with Gasteiger partial charge >= 0.3 is 18.0 Å². The second kappa shape index (κ2) is 11.5. The van der Waals surface area contributed by atoms with Crippen molar-refractivity contribution in [1.82, 2.24) is 5.32 Å². The van der Waals surface area contributed by atoms with Crippen LogP contribution in [0.1, 0.15) is 38.2 Å². The number of alkyl halides is 7. The van der Waals surface area contributed by atoms with E-state index in [2.05, 4.69) is 5.32 Å². The highest BCUT2D eigenvalue weighted by atomic mass is 32.2. The summed E-state index contributed by atoms with van der Waals surface area (Å²) in [5.74, 6) is -0.321. The third-order valence-corrected chi connectivity index (χ3v) is 7.20. The Bertz CT molecular complexity index is 971. The lowest BCUT2D eigenvalue weighted by Crippen LogP contribution is -2.50. The zero-order chi connectivity index (χ0) is 26.4. The Morgan fingerprint density at radius 2 is 1.31 bits per heavy atom. The second-order valence-corrected chi connectivity index (χ2v) is 9.68. The predicted molar refractivity (Wildman–Crippen MR) is 114 cm³/mol. The van der Waals surface area contributed by atoms with Gasteiger partial charge in [0.1, 0.15) is 5.82 Å². The largest absolute Gasteiger partial charge is 0.435 e. The molecular formula is C23H23F8NO2S. The quantitative estimate of drug-likeness (QED) is 0.469. The van der Waals surface area contributed by atoms with Crippen LogP contribution in [0.2, 0.25) is 0 Å². The van der Waals surface area contributed by atoms with Crippen LogP contribution in [-0.4, -0.2) is 33.8 Å². The lowest BCUT2D eigenvalue weighted by Gasteiger charge is -2.30. The molecule has 12 heteroatoms. The summed E-state index contributed by atoms with van der Waals surface area (Å²) in [5, 5.41) is 3.01. The summed E-state index contributed by atoms with van der Waals surface area (Å²) in [6.07, 6.45) is -8.72. The lowest BCUT2D eigenvalue weighted by molar-refractivity contribution is -0.348. The minimum Gasteiger partial charge on any atom is -0.354 e. The molecule has 3 rings (SSSR count). The number of nitrogens with one attached hydrogen (secondary N) is 1. The number of amides is 1. The van der Waals surface area contributed by atoms with E-state index in [9.17, 15) is 44.1 Å². The number of carbonyl (C=O) groups is 1. The standard InChI is InChI=1S/C14H18FNO2S.C9H5F7/c1-10(17)16-12-4-8-14(9-5-12)19(18)13-6-2-11(15)3-7-13;10-7(8(11,12)13,9(14,15)16)6-4-2-1-3-5-6/h2-3,6-7,12,14H,4-5,8-9H2,1H3,(H,16,17);1-5H. The average Bonchev–Trinajstić information content (AvgIpc) is 2.78. The van der Waals surface area contributed by atoms with E-state index in [1.54, 1.807) is 12.1 Å². The molecule has 0 saturated heterocycles. The van der Waals surface area contributed by atoms with Crippen LogP contribution in [0.5, 0.6) is 0 Å². The van der Waals surface area contributed by atoms with Gasteiger partial charge in [-0.15, -0.1) is 0 Å². The number of carbonyl (C=O) groups excluding carboxylic acids is 1. The number of hydrogen-bond donors (Lipinski definition) is 1. The van der Waals surface area contributed by atoms with Gasteiger partial charge in [-0.2, -0.15) is 26.3 Å². The first-order valence-corrected chi connectivity index (χ1v) is 11.7. The second-order valence-electron chi connectivity index (χ2n) is 7.95. The van der Waals surface area contributed by atoms with Crippen LogP contribution in [0.3, 0.4) is 0 Å². The van der Waals surface area contributed by atoms with Crippen molar-refractivity contribution in [3.05, 3.63) is 66.0 Å². The highest BCUT2D eigenvalue weighted by Gasteiger charge is 2.73. The Morgan fingerprint density at radius 1 is 0.829 bits per heavy atom. The summed E-state index contributed by atoms with van der Waals surface area (Å²) >= 11 is 0. The molecule has 1 aliphatic carbocycles. The maximum Gasteiger partial charge on any atom is 0.435 e. The molecule has 1 N–H and O–H groups in total. The molecule has 1 unspecified atom stereocenters. The molecule has 194 valence electrons. The van der Waals surface area contributed by atoms with Crippen LogP contribution in [0.25, 0.3) is 0 Å². The van der Waals surface area contributed by atoms with Crippen LogP contribution in [0, 0.1) is 5.82 Å². The normalized spacial score (nSPS) is 19.8. The van der Waals surface area contributed by atoms with Gasteiger partial charge in [0, 0.05) is 28.7 Å². The van der Waals surface area contributed by atoms with Crippen LogP contribution in [0.4, 0.5) is 35.1 Å². The number of halogens is 8. The number of benzene rings is 2. The lowest BCUT2D eigenvalue weighted by atomic mass is 9.94. The molecule has 1 amide bonds. The maximum absolute atomic E-state index is 13.3. The molecule has 35 heavy (non-hydrogen) atoms. The molecule has 2 aromatic carbocycles. The smallest absolute Gasteiger partial charge is 0.354 e. The Kier molecular flexibility index (Phi) is 9.43. The molecule has 0 bridgehead atoms. The van der Waals surface area contributed by atoms with Crippen LogP contribution in [0.15, 0.2) is 59.5 Å². The Hall–Kier alpha value is -2.50. The molecule has 3 nitrogen and oxygen atoms in total. The third-order valence-electron chi connectivity index (χ3n) is 5.38. The Balaban J connectivity index is 0.000000251. The Labute approximate surface area is 199 Å². The topological polar surface area (TPSA) is 46.2 Å². The van der Waals surface area contributed by atoms with Crippen molar-refractivity contribution in [2.75, 3.05) is 0 Å². The molecule has 1 atom stereocenters. The van der Waals surface area contributed by atoms with Gasteiger partial charge in [-0.3, -0.25) is 9.00 Å². The zero-order valence-electron chi connectivity index (χ0n) is 18.4. The first-order chi connectivity index (χ1) is 16.2. The van der Waals surface area contributed by atoms with Gasteiger partial charge in [-0.25, -0.2) is 8.78 Å². The summed E-state index contributed by atoms with van der Waals surface area (Å²) in [6, 6.07) is 9.96. The van der Waals surface area contributed by atoms with Crippen molar-refractivity contribution >= 4 is 16.7 Å². The summed E-state index contributed by atoms with van der Waals surface area (Å²) in [6.45, 7) is 1.52. The minimum absolute atomic E-state index is 0.0110. The molecule has 0 aromatic heterocycles. The predicted octanol–water partition coefficient (Wildman–Crippen LogP) is 6.36. The molecular weight excluding hydrogens is 506 g/mol. The van der Waals surface area contributed by atoms with Crippen molar-refractivity contribution in [2.45, 2.75) is 66.8 Å². The number of hydrogen-bond acceptors (Lipinski definition) is 2. The third kappa shape index (κ3) is 7.25. The van der Waals surface area contributed by atoms with E-state index in [0.29, 0.717) is 17.0 Å². The number of rotatable bonds is 4. The van der Waals surface area contributed by atoms with Crippen molar-refractivity contribution in [1.29, 1.82) is 0 Å². The molecule has 0 spiro atoms. The van der Waals surface area contributed by atoms with Gasteiger partial charge in [0.05, 0.1) is 10.8 Å². The van der Waals surface area contributed by atoms with E-state index in [1.165, 1.54) is 25.1 Å². The summed E-state index contributed by atoms with van der Waals surface area (Å²) < 4.78 is 112. The fourth-order valence-electron chi connectivity index (χ4n) is 3.63. The molecule has 0 heterocycles. The van der Waals surface area contributed by atoms with Crippen molar-refractivity contribution in [3.63, 3.8) is 0 Å². The zero-order valence-corrected chi connectivity index (χ0v) is 19.2. The van der Waals surface area contributed by atoms with E-state index in [1.807, 2.05) is 0 Å². The molecule has 1 saturated carbocycles. The summed E-state index contributed by atoms with van der Waals surface area (Å²) in [5.41, 5.74) is -6.81. The first kappa shape index (κ1) is 28.7. The van der Waals surface area contributed by atoms with Crippen molar-refractivity contribution < 1.29 is 44.1 Å². The van der Waals surface area contributed by atoms with Crippen molar-refractivity contribution in [3.8, 4) is 0 Å². The van der Waals surface area contributed by atoms with E-state index in [0.717, 1.165) is 37.8 Å². The molecule has 1 aliphatic rings. The van der Waals surface area contributed by atoms with Gasteiger partial charge in [0.15, 0.2) is 0 Å². The average molecular weight is 529 g/mol. The van der Waals surface area contributed by atoms with Gasteiger partial charge < -0.3 is 5.32 Å². The highest BCUT2D eigenvalue weighted by Crippen LogP contribution is 2.53. The first-order valence-electron chi connectivity index (χ1n) is 10.5. The molecule has 0 aliphatic heterocycles. The van der Waals surface area contributed by atoms with E-state index >= 15 is 0 Å². The van der Waals surface area contributed by atoms with Crippen LogP contribution >= 0.6 is 0 Å². The van der Waals surface area contributed by atoms with Crippen LogP contribution in [-0.2, 0) is 21.3 Å². The monoisotopic (exact) mass is 529 g/mol. The van der Waals surface area contributed by atoms with Gasteiger partial charge in [-0.1, -0.05) is 30.3 Å². The molecule has 0 radical (unpaired) electrons. The fourth-order valence-corrected chi connectivity index (χ4v) is 5.12. The minimum atomic E-state index is -6.05. The van der Waals surface area contributed by atoms with Crippen LogP contribution < -0.4 is 5.32 Å². The van der Waals surface area contributed by atoms with E-state index < -0.39 is 34.4 Å². The summed E-state index contributed by atoms with van der Waals surface area (Å²) in [4.78, 5) is 11.7. The van der Waals surface area contributed by atoms with E-state index in [4.69, 9.17) is 0 Å². The van der Waals surface area contributed by atoms with E-state index in [-0.39, 0.29) is 23.0 Å². The van der Waals surface area contributed by atoms with Crippen molar-refractivity contribution in [2.24, 2.45) is 0 Å². The van der Waals surface area contributed by atoms with Gasteiger partial charge in [0.2, 0.25) is 5.91 Å². The Morgan fingerprint density at radius 3 is 1.74 bits per heavy atom. The summed E-state index contributed by atoms with van der Waals surface area (Å²) in [7, 11) is -1.09. The molecule has 1 fully saturated rings. The fraction of sp³-hybridized carbons (Fsp3) is 0.435. The highest BCUT2D eigenvalue weighted by molar-refractivity contribution is 7.85. The maximum atomic E-state index is 13.3. The van der Waals surface area contributed by atoms with Gasteiger partial charge in [-0.05, 0) is 49.9 Å². The SMILES string of the molecule is CC(=O)NC1CCC(S(=O)c2ccc(F)cc2)CC1.FC(F)(F)C(F)(c1ccccc1)C(F)(F)F.